The zero-order valence-corrected chi connectivity index (χ0v) is 11.4. The number of aromatic nitrogens is 2. The Morgan fingerprint density at radius 1 is 1.50 bits per heavy atom. The van der Waals surface area contributed by atoms with Gasteiger partial charge in [-0.1, -0.05) is 17.3 Å². The lowest BCUT2D eigenvalue weighted by Crippen LogP contribution is -2.26. The average Bonchev–Trinajstić information content (AvgIpc) is 2.85. The highest BCUT2D eigenvalue weighted by atomic mass is 79.9. The maximum Gasteiger partial charge on any atom is 0.252 e. The fraction of sp³-hybridized carbons (Fsp3) is 0.250. The van der Waals surface area contributed by atoms with E-state index in [2.05, 4.69) is 31.4 Å². The number of hydrogen-bond donors (Lipinski definition) is 1. The van der Waals surface area contributed by atoms with Crippen molar-refractivity contribution in [2.75, 3.05) is 6.54 Å². The Morgan fingerprint density at radius 3 is 3.06 bits per heavy atom. The summed E-state index contributed by atoms with van der Waals surface area (Å²) in [5, 5.41) is 6.31. The van der Waals surface area contributed by atoms with Crippen LogP contribution in [0.3, 0.4) is 0 Å². The molecule has 1 aromatic carbocycles. The van der Waals surface area contributed by atoms with Crippen LogP contribution in [0.1, 0.15) is 21.8 Å². The van der Waals surface area contributed by atoms with Crippen molar-refractivity contribution in [3.05, 3.63) is 46.0 Å². The maximum atomic E-state index is 11.9. The number of aryl methyl sites for hydroxylation is 1. The zero-order chi connectivity index (χ0) is 13.0. The Kier molecular flexibility index (Phi) is 4.09. The number of rotatable bonds is 4. The van der Waals surface area contributed by atoms with Crippen molar-refractivity contribution in [1.29, 1.82) is 0 Å². The molecule has 1 aromatic heterocycles. The van der Waals surface area contributed by atoms with E-state index in [-0.39, 0.29) is 5.91 Å². The lowest BCUT2D eigenvalue weighted by atomic mass is 10.1. The van der Waals surface area contributed by atoms with E-state index in [9.17, 15) is 4.79 Å². The third-order valence-corrected chi connectivity index (χ3v) is 3.52. The lowest BCUT2D eigenvalue weighted by Gasteiger charge is -2.07. The molecule has 0 aliphatic rings. The fourth-order valence-electron chi connectivity index (χ4n) is 1.51. The number of benzene rings is 1. The summed E-state index contributed by atoms with van der Waals surface area (Å²) >= 11 is 3.41. The Hall–Kier alpha value is -1.69. The smallest absolute Gasteiger partial charge is 0.252 e. The predicted octanol–water partition coefficient (Wildman–Crippen LogP) is 2.11. The van der Waals surface area contributed by atoms with Crippen molar-refractivity contribution in [3.8, 4) is 0 Å². The van der Waals surface area contributed by atoms with Crippen LogP contribution in [0.5, 0.6) is 0 Å². The number of nitrogens with one attached hydrogen (secondary N) is 1. The van der Waals surface area contributed by atoms with Gasteiger partial charge in [-0.05, 0) is 34.5 Å². The molecule has 2 rings (SSSR count). The zero-order valence-electron chi connectivity index (χ0n) is 9.81. The second-order valence-corrected chi connectivity index (χ2v) is 4.57. The minimum absolute atomic E-state index is 0.120. The highest BCUT2D eigenvalue weighted by Gasteiger charge is 2.11. The number of hydrogen-bond acceptors (Lipinski definition) is 4. The van der Waals surface area contributed by atoms with Crippen molar-refractivity contribution in [2.24, 2.45) is 0 Å². The Balaban J connectivity index is 1.93. The van der Waals surface area contributed by atoms with E-state index >= 15 is 0 Å². The van der Waals surface area contributed by atoms with Gasteiger partial charge in [0.15, 0.2) is 6.33 Å². The highest BCUT2D eigenvalue weighted by molar-refractivity contribution is 9.10. The van der Waals surface area contributed by atoms with Gasteiger partial charge in [0, 0.05) is 17.4 Å². The summed E-state index contributed by atoms with van der Waals surface area (Å²) in [4.78, 5) is 15.8. The lowest BCUT2D eigenvalue weighted by molar-refractivity contribution is 0.0952. The van der Waals surface area contributed by atoms with Crippen molar-refractivity contribution in [3.63, 3.8) is 0 Å². The molecule has 94 valence electrons. The van der Waals surface area contributed by atoms with Gasteiger partial charge in [0.1, 0.15) is 0 Å². The van der Waals surface area contributed by atoms with Crippen molar-refractivity contribution in [2.45, 2.75) is 13.3 Å². The normalized spacial score (nSPS) is 10.3. The van der Waals surface area contributed by atoms with Crippen LogP contribution in [0.25, 0.3) is 0 Å². The number of carbonyl (C=O) groups is 1. The van der Waals surface area contributed by atoms with Crippen molar-refractivity contribution < 1.29 is 9.32 Å². The first kappa shape index (κ1) is 12.8. The highest BCUT2D eigenvalue weighted by Crippen LogP contribution is 2.20. The molecular formula is C12H12BrN3O2. The molecule has 0 saturated carbocycles. The van der Waals surface area contributed by atoms with E-state index in [4.69, 9.17) is 4.52 Å². The quantitative estimate of drug-likeness (QED) is 0.939. The van der Waals surface area contributed by atoms with Gasteiger partial charge >= 0.3 is 0 Å². The molecule has 0 radical (unpaired) electrons. The molecule has 1 amide bonds. The third-order valence-electron chi connectivity index (χ3n) is 2.47. The molecule has 0 spiro atoms. The van der Waals surface area contributed by atoms with Gasteiger partial charge in [-0.2, -0.15) is 4.98 Å². The summed E-state index contributed by atoms with van der Waals surface area (Å²) < 4.78 is 5.66. The first-order valence-electron chi connectivity index (χ1n) is 5.47. The molecule has 1 N–H and O–H groups in total. The van der Waals surface area contributed by atoms with E-state index in [1.54, 1.807) is 6.07 Å². The summed E-state index contributed by atoms with van der Waals surface area (Å²) in [6.45, 7) is 2.40. The number of carbonyl (C=O) groups excluding carboxylic acids is 1. The van der Waals surface area contributed by atoms with Crippen molar-refractivity contribution in [1.82, 2.24) is 15.5 Å². The summed E-state index contributed by atoms with van der Waals surface area (Å²) in [5.41, 5.74) is 1.65. The monoisotopic (exact) mass is 309 g/mol. The summed E-state index contributed by atoms with van der Waals surface area (Å²) in [7, 11) is 0. The van der Waals surface area contributed by atoms with Gasteiger partial charge in [-0.25, -0.2) is 0 Å². The van der Waals surface area contributed by atoms with E-state index in [0.717, 1.165) is 10.0 Å². The molecule has 0 aliphatic heterocycles. The minimum atomic E-state index is -0.120. The van der Waals surface area contributed by atoms with Crippen LogP contribution < -0.4 is 5.32 Å². The molecular weight excluding hydrogens is 298 g/mol. The van der Waals surface area contributed by atoms with Crippen LogP contribution in [-0.2, 0) is 6.42 Å². The number of halogens is 1. The minimum Gasteiger partial charge on any atom is -0.351 e. The fourth-order valence-corrected chi connectivity index (χ4v) is 1.95. The summed E-state index contributed by atoms with van der Waals surface area (Å²) in [5.74, 6) is 0.392. The van der Waals surface area contributed by atoms with E-state index < -0.39 is 0 Å². The van der Waals surface area contributed by atoms with Gasteiger partial charge < -0.3 is 9.84 Å². The van der Waals surface area contributed by atoms with Gasteiger partial charge in [0.2, 0.25) is 5.89 Å². The van der Waals surface area contributed by atoms with Crippen LogP contribution in [0, 0.1) is 6.92 Å². The van der Waals surface area contributed by atoms with E-state index in [1.807, 2.05) is 19.1 Å². The Bertz CT molecular complexity index is 540. The SMILES string of the molecule is Cc1cccc(C(=O)NCCc2ncno2)c1Br. The topological polar surface area (TPSA) is 68.0 Å². The standard InChI is InChI=1S/C12H12BrN3O2/c1-8-3-2-4-9(11(8)13)12(17)14-6-5-10-15-7-16-18-10/h2-4,7H,5-6H2,1H3,(H,14,17). The summed E-state index contributed by atoms with van der Waals surface area (Å²) in [6.07, 6.45) is 1.86. The van der Waals surface area contributed by atoms with Crippen LogP contribution in [0.4, 0.5) is 0 Å². The van der Waals surface area contributed by atoms with Gasteiger partial charge in [0.25, 0.3) is 5.91 Å². The third kappa shape index (κ3) is 2.95. The first-order chi connectivity index (χ1) is 8.68. The van der Waals surface area contributed by atoms with Crippen molar-refractivity contribution >= 4 is 21.8 Å². The van der Waals surface area contributed by atoms with Gasteiger partial charge in [-0.3, -0.25) is 4.79 Å². The van der Waals surface area contributed by atoms with Gasteiger partial charge in [-0.15, -0.1) is 0 Å². The maximum absolute atomic E-state index is 11.9. The van der Waals surface area contributed by atoms with E-state index in [1.165, 1.54) is 6.33 Å². The number of amides is 1. The molecule has 18 heavy (non-hydrogen) atoms. The second-order valence-electron chi connectivity index (χ2n) is 3.78. The Labute approximate surface area is 113 Å². The van der Waals surface area contributed by atoms with Gasteiger partial charge in [0.05, 0.1) is 5.56 Å². The Morgan fingerprint density at radius 2 is 2.33 bits per heavy atom. The molecule has 0 aliphatic carbocycles. The summed E-state index contributed by atoms with van der Waals surface area (Å²) in [6, 6.07) is 5.57. The molecule has 2 aromatic rings. The van der Waals surface area contributed by atoms with Crippen LogP contribution in [-0.4, -0.2) is 22.6 Å². The molecule has 0 atom stereocenters. The van der Waals surface area contributed by atoms with Crippen LogP contribution >= 0.6 is 15.9 Å². The van der Waals surface area contributed by atoms with E-state index in [0.29, 0.717) is 24.4 Å². The first-order valence-corrected chi connectivity index (χ1v) is 6.26. The average molecular weight is 310 g/mol. The molecule has 5 nitrogen and oxygen atoms in total. The molecule has 0 saturated heterocycles. The number of nitrogens with zero attached hydrogens (tertiary/aromatic N) is 2. The molecule has 0 unspecified atom stereocenters. The van der Waals surface area contributed by atoms with Crippen LogP contribution in [0.2, 0.25) is 0 Å². The predicted molar refractivity (Wildman–Crippen MR) is 69.2 cm³/mol. The second kappa shape index (κ2) is 5.77. The van der Waals surface area contributed by atoms with Crippen LogP contribution in [0.15, 0.2) is 33.5 Å². The molecule has 1 heterocycles. The molecule has 6 heteroatoms. The molecule has 0 fully saturated rings. The largest absolute Gasteiger partial charge is 0.351 e. The molecule has 0 bridgehead atoms.